The number of carbonyl (C=O) groups excluding carboxylic acids is 1. The molecule has 1 N–H and O–H groups in total. The quantitative estimate of drug-likeness (QED) is 0.924. The van der Waals surface area contributed by atoms with Crippen molar-refractivity contribution in [2.24, 2.45) is 5.92 Å². The maximum Gasteiger partial charge on any atom is 0.410 e. The molecule has 1 amide bonds. The summed E-state index contributed by atoms with van der Waals surface area (Å²) in [6, 6.07) is 6.76. The van der Waals surface area contributed by atoms with Crippen molar-refractivity contribution in [3.8, 4) is 0 Å². The minimum Gasteiger partial charge on any atom is -0.444 e. The smallest absolute Gasteiger partial charge is 0.410 e. The molecule has 2 unspecified atom stereocenters. The third kappa shape index (κ3) is 4.93. The second kappa shape index (κ2) is 7.30. The second-order valence-corrected chi connectivity index (χ2v) is 7.19. The molecule has 0 radical (unpaired) electrons. The molecule has 1 heterocycles. The van der Waals surface area contributed by atoms with Gasteiger partial charge in [0.15, 0.2) is 0 Å². The average molecular weight is 322 g/mol. The van der Waals surface area contributed by atoms with E-state index < -0.39 is 5.60 Å². The highest BCUT2D eigenvalue weighted by Gasteiger charge is 2.34. The Hall–Kier alpha value is -1.62. The summed E-state index contributed by atoms with van der Waals surface area (Å²) >= 11 is 0. The van der Waals surface area contributed by atoms with Crippen molar-refractivity contribution < 1.29 is 13.9 Å². The summed E-state index contributed by atoms with van der Waals surface area (Å²) in [4.78, 5) is 14.0. The number of hydrogen-bond donors (Lipinski definition) is 1. The van der Waals surface area contributed by atoms with Gasteiger partial charge >= 0.3 is 6.09 Å². The van der Waals surface area contributed by atoms with E-state index in [9.17, 15) is 9.18 Å². The largest absolute Gasteiger partial charge is 0.444 e. The fourth-order valence-corrected chi connectivity index (χ4v) is 3.12. The predicted molar refractivity (Wildman–Crippen MR) is 89.0 cm³/mol. The zero-order valence-corrected chi connectivity index (χ0v) is 14.4. The highest BCUT2D eigenvalue weighted by molar-refractivity contribution is 5.68. The van der Waals surface area contributed by atoms with E-state index in [-0.39, 0.29) is 17.8 Å². The number of amides is 1. The Kier molecular flexibility index (Phi) is 5.63. The van der Waals surface area contributed by atoms with E-state index >= 15 is 0 Å². The van der Waals surface area contributed by atoms with Crippen LogP contribution in [0.25, 0.3) is 0 Å². The van der Waals surface area contributed by atoms with Crippen molar-refractivity contribution in [2.45, 2.75) is 38.7 Å². The maximum absolute atomic E-state index is 13.5. The van der Waals surface area contributed by atoms with Gasteiger partial charge in [0.05, 0.1) is 0 Å². The molecule has 1 aliphatic heterocycles. The minimum atomic E-state index is -0.484. The van der Waals surface area contributed by atoms with Gasteiger partial charge in [-0.3, -0.25) is 0 Å². The Morgan fingerprint density at radius 1 is 1.48 bits per heavy atom. The molecule has 5 heteroatoms. The van der Waals surface area contributed by atoms with Crippen molar-refractivity contribution >= 4 is 6.09 Å². The molecule has 128 valence electrons. The van der Waals surface area contributed by atoms with Crippen LogP contribution in [0.2, 0.25) is 0 Å². The minimum absolute atomic E-state index is 0.183. The first-order valence-electron chi connectivity index (χ1n) is 8.18. The molecule has 0 aliphatic carbocycles. The normalized spacial score (nSPS) is 19.7. The number of nitrogens with one attached hydrogen (secondary N) is 1. The lowest BCUT2D eigenvalue weighted by Gasteiger charge is -2.26. The fourth-order valence-electron chi connectivity index (χ4n) is 3.12. The standard InChI is InChI=1S/C18H27FN2O2/c1-18(2,3)23-17(22)21-9-8-14(12-21)16(11-20-4)13-6-5-7-15(19)10-13/h5-7,10,14,16,20H,8-9,11-12H2,1-4H3. The van der Waals surface area contributed by atoms with Crippen molar-refractivity contribution in [3.05, 3.63) is 35.6 Å². The number of nitrogens with zero attached hydrogens (tertiary/aromatic N) is 1. The molecule has 0 bridgehead atoms. The number of benzene rings is 1. The first-order valence-corrected chi connectivity index (χ1v) is 8.18. The fraction of sp³-hybridized carbons (Fsp3) is 0.611. The number of likely N-dealkylation sites (tertiary alicyclic amines) is 1. The number of carbonyl (C=O) groups is 1. The van der Waals surface area contributed by atoms with Crippen LogP contribution < -0.4 is 5.32 Å². The van der Waals surface area contributed by atoms with Crippen LogP contribution in [0.15, 0.2) is 24.3 Å². The number of rotatable bonds is 4. The Morgan fingerprint density at radius 2 is 2.22 bits per heavy atom. The number of hydrogen-bond acceptors (Lipinski definition) is 3. The summed E-state index contributed by atoms with van der Waals surface area (Å²) < 4.78 is 19.0. The van der Waals surface area contributed by atoms with Crippen molar-refractivity contribution in [1.82, 2.24) is 10.2 Å². The van der Waals surface area contributed by atoms with Gasteiger partial charge in [0.25, 0.3) is 0 Å². The zero-order chi connectivity index (χ0) is 17.0. The number of ether oxygens (including phenoxy) is 1. The molecule has 1 saturated heterocycles. The molecule has 1 aromatic carbocycles. The SMILES string of the molecule is CNCC(c1cccc(F)c1)C1CCN(C(=O)OC(C)(C)C)C1. The first kappa shape index (κ1) is 17.7. The van der Waals surface area contributed by atoms with E-state index in [4.69, 9.17) is 4.74 Å². The monoisotopic (exact) mass is 322 g/mol. The van der Waals surface area contributed by atoms with Crippen LogP contribution in [0.1, 0.15) is 38.7 Å². The summed E-state index contributed by atoms with van der Waals surface area (Å²) in [5.41, 5.74) is 0.498. The van der Waals surface area contributed by atoms with Gasteiger partial charge in [0, 0.05) is 25.6 Å². The van der Waals surface area contributed by atoms with Crippen molar-refractivity contribution in [1.29, 1.82) is 0 Å². The third-order valence-corrected chi connectivity index (χ3v) is 4.15. The van der Waals surface area contributed by atoms with Gasteiger partial charge in [-0.05, 0) is 57.9 Å². The topological polar surface area (TPSA) is 41.6 Å². The van der Waals surface area contributed by atoms with E-state index in [1.165, 1.54) is 6.07 Å². The van der Waals surface area contributed by atoms with E-state index in [2.05, 4.69) is 5.32 Å². The van der Waals surface area contributed by atoms with E-state index in [1.807, 2.05) is 33.9 Å². The molecule has 1 aliphatic rings. The van der Waals surface area contributed by atoms with Crippen LogP contribution in [-0.2, 0) is 4.74 Å². The predicted octanol–water partition coefficient (Wildman–Crippen LogP) is 3.39. The van der Waals surface area contributed by atoms with Crippen LogP contribution >= 0.6 is 0 Å². The Labute approximate surface area is 138 Å². The molecule has 23 heavy (non-hydrogen) atoms. The summed E-state index contributed by atoms with van der Waals surface area (Å²) in [7, 11) is 1.90. The molecule has 2 atom stereocenters. The lowest BCUT2D eigenvalue weighted by Crippen LogP contribution is -2.36. The highest BCUT2D eigenvalue weighted by atomic mass is 19.1. The van der Waals surface area contributed by atoms with Gasteiger partial charge in [-0.15, -0.1) is 0 Å². The van der Waals surface area contributed by atoms with Gasteiger partial charge in [0.1, 0.15) is 11.4 Å². The molecule has 0 spiro atoms. The molecular weight excluding hydrogens is 295 g/mol. The zero-order valence-electron chi connectivity index (χ0n) is 14.4. The van der Waals surface area contributed by atoms with Gasteiger partial charge in [-0.25, -0.2) is 9.18 Å². The van der Waals surface area contributed by atoms with Crippen molar-refractivity contribution in [2.75, 3.05) is 26.7 Å². The van der Waals surface area contributed by atoms with Crippen LogP contribution in [0.5, 0.6) is 0 Å². The van der Waals surface area contributed by atoms with Crippen LogP contribution in [0, 0.1) is 11.7 Å². The molecule has 1 aromatic rings. The van der Waals surface area contributed by atoms with Crippen LogP contribution in [0.3, 0.4) is 0 Å². The van der Waals surface area contributed by atoms with Gasteiger partial charge in [0.2, 0.25) is 0 Å². The molecule has 0 saturated carbocycles. The summed E-state index contributed by atoms with van der Waals surface area (Å²) in [6.45, 7) is 7.71. The number of likely N-dealkylation sites (N-methyl/N-ethyl adjacent to an activating group) is 1. The van der Waals surface area contributed by atoms with E-state index in [0.29, 0.717) is 19.0 Å². The molecule has 2 rings (SSSR count). The van der Waals surface area contributed by atoms with Gasteiger partial charge < -0.3 is 15.0 Å². The summed E-state index contributed by atoms with van der Waals surface area (Å²) in [5, 5.41) is 3.19. The Balaban J connectivity index is 2.06. The molecule has 1 fully saturated rings. The average Bonchev–Trinajstić information content (AvgIpc) is 2.92. The lowest BCUT2D eigenvalue weighted by molar-refractivity contribution is 0.0286. The van der Waals surface area contributed by atoms with Crippen LogP contribution in [0.4, 0.5) is 9.18 Å². The van der Waals surface area contributed by atoms with Crippen molar-refractivity contribution in [3.63, 3.8) is 0 Å². The van der Waals surface area contributed by atoms with Crippen LogP contribution in [-0.4, -0.2) is 43.3 Å². The molecule has 4 nitrogen and oxygen atoms in total. The number of halogens is 1. The third-order valence-electron chi connectivity index (χ3n) is 4.15. The van der Waals surface area contributed by atoms with Gasteiger partial charge in [-0.1, -0.05) is 12.1 Å². The second-order valence-electron chi connectivity index (χ2n) is 7.19. The maximum atomic E-state index is 13.5. The first-order chi connectivity index (χ1) is 10.8. The van der Waals surface area contributed by atoms with E-state index in [0.717, 1.165) is 18.5 Å². The summed E-state index contributed by atoms with van der Waals surface area (Å²) in [5.74, 6) is 0.269. The lowest BCUT2D eigenvalue weighted by atomic mass is 9.85. The molecule has 0 aromatic heterocycles. The Morgan fingerprint density at radius 3 is 2.83 bits per heavy atom. The van der Waals surface area contributed by atoms with E-state index in [1.54, 1.807) is 17.0 Å². The van der Waals surface area contributed by atoms with Gasteiger partial charge in [-0.2, -0.15) is 0 Å². The highest BCUT2D eigenvalue weighted by Crippen LogP contribution is 2.32. The summed E-state index contributed by atoms with van der Waals surface area (Å²) in [6.07, 6.45) is 0.643. The molecular formula is C18H27FN2O2. The Bertz CT molecular complexity index is 542.